The fourth-order valence-corrected chi connectivity index (χ4v) is 2.91. The monoisotopic (exact) mass is 352 g/mol. The van der Waals surface area contributed by atoms with E-state index in [1.165, 1.54) is 12.1 Å². The van der Waals surface area contributed by atoms with E-state index in [0.29, 0.717) is 24.2 Å². The summed E-state index contributed by atoms with van der Waals surface area (Å²) in [6.45, 7) is 4.23. The predicted molar refractivity (Wildman–Crippen MR) is 97.9 cm³/mol. The Balaban J connectivity index is 1.80. The maximum Gasteiger partial charge on any atom is 0.257 e. The Morgan fingerprint density at radius 2 is 1.88 bits per heavy atom. The minimum Gasteiger partial charge on any atom is -0.341 e. The lowest BCUT2D eigenvalue weighted by atomic mass is 10.1. The number of aromatic nitrogens is 3. The number of pyridine rings is 1. The highest BCUT2D eigenvalue weighted by atomic mass is 19.1. The van der Waals surface area contributed by atoms with Crippen LogP contribution in [0.2, 0.25) is 0 Å². The van der Waals surface area contributed by atoms with Crippen molar-refractivity contribution in [3.05, 3.63) is 77.1 Å². The number of likely N-dealkylation sites (N-methyl/N-ethyl adjacent to an activating group) is 1. The van der Waals surface area contributed by atoms with Gasteiger partial charge in [-0.05, 0) is 50.2 Å². The summed E-state index contributed by atoms with van der Waals surface area (Å²) in [7, 11) is 1.78. The molecule has 0 aliphatic rings. The van der Waals surface area contributed by atoms with Crippen molar-refractivity contribution < 1.29 is 9.18 Å². The average Bonchev–Trinajstić information content (AvgIpc) is 2.95. The van der Waals surface area contributed by atoms with E-state index in [2.05, 4.69) is 10.1 Å². The fourth-order valence-electron chi connectivity index (χ4n) is 2.91. The lowest BCUT2D eigenvalue weighted by Gasteiger charge is -2.17. The SMILES string of the molecule is Cc1nn(-c2ccc(F)cc2)c(C)c1C(=O)N(C)CCc1ccccn1. The highest BCUT2D eigenvalue weighted by Gasteiger charge is 2.22. The molecule has 0 atom stereocenters. The van der Waals surface area contributed by atoms with Gasteiger partial charge in [0.25, 0.3) is 5.91 Å². The molecule has 134 valence electrons. The van der Waals surface area contributed by atoms with Gasteiger partial charge in [-0.3, -0.25) is 9.78 Å². The Labute approximate surface area is 152 Å². The van der Waals surface area contributed by atoms with Crippen LogP contribution in [-0.4, -0.2) is 39.2 Å². The molecule has 0 N–H and O–H groups in total. The van der Waals surface area contributed by atoms with Gasteiger partial charge in [0.15, 0.2) is 0 Å². The van der Waals surface area contributed by atoms with Crippen LogP contribution in [0.15, 0.2) is 48.7 Å². The number of hydrogen-bond acceptors (Lipinski definition) is 3. The Kier molecular flexibility index (Phi) is 5.11. The molecule has 6 heteroatoms. The fraction of sp³-hybridized carbons (Fsp3) is 0.250. The summed E-state index contributed by atoms with van der Waals surface area (Å²) in [4.78, 5) is 18.9. The van der Waals surface area contributed by atoms with Crippen LogP contribution in [0.1, 0.15) is 27.4 Å². The Hall–Kier alpha value is -3.02. The van der Waals surface area contributed by atoms with E-state index in [4.69, 9.17) is 0 Å². The van der Waals surface area contributed by atoms with Gasteiger partial charge in [-0.25, -0.2) is 9.07 Å². The minimum absolute atomic E-state index is 0.0794. The van der Waals surface area contributed by atoms with Crippen molar-refractivity contribution in [1.29, 1.82) is 0 Å². The van der Waals surface area contributed by atoms with E-state index in [9.17, 15) is 9.18 Å². The smallest absolute Gasteiger partial charge is 0.257 e. The highest BCUT2D eigenvalue weighted by molar-refractivity contribution is 5.96. The Morgan fingerprint density at radius 1 is 1.15 bits per heavy atom. The zero-order valence-corrected chi connectivity index (χ0v) is 15.1. The van der Waals surface area contributed by atoms with Gasteiger partial charge in [-0.15, -0.1) is 0 Å². The van der Waals surface area contributed by atoms with Gasteiger partial charge in [-0.2, -0.15) is 5.10 Å². The highest BCUT2D eigenvalue weighted by Crippen LogP contribution is 2.19. The molecule has 2 aromatic heterocycles. The number of carbonyl (C=O) groups is 1. The van der Waals surface area contributed by atoms with Crippen molar-refractivity contribution in [2.75, 3.05) is 13.6 Å². The van der Waals surface area contributed by atoms with Gasteiger partial charge in [0.2, 0.25) is 0 Å². The number of hydrogen-bond donors (Lipinski definition) is 0. The topological polar surface area (TPSA) is 51.0 Å². The molecule has 1 amide bonds. The number of rotatable bonds is 5. The van der Waals surface area contributed by atoms with Gasteiger partial charge >= 0.3 is 0 Å². The number of carbonyl (C=O) groups excluding carboxylic acids is 1. The van der Waals surface area contributed by atoms with E-state index in [0.717, 1.165) is 17.1 Å². The molecule has 5 nitrogen and oxygen atoms in total. The van der Waals surface area contributed by atoms with Crippen molar-refractivity contribution in [2.24, 2.45) is 0 Å². The van der Waals surface area contributed by atoms with E-state index in [1.807, 2.05) is 32.0 Å². The third-order valence-corrected chi connectivity index (χ3v) is 4.35. The Bertz CT molecular complexity index is 904. The molecule has 0 fully saturated rings. The number of nitrogens with zero attached hydrogens (tertiary/aromatic N) is 4. The molecular formula is C20H21FN4O. The van der Waals surface area contributed by atoms with Crippen LogP contribution < -0.4 is 0 Å². The summed E-state index contributed by atoms with van der Waals surface area (Å²) in [6, 6.07) is 11.8. The molecule has 2 heterocycles. The van der Waals surface area contributed by atoms with Crippen molar-refractivity contribution in [2.45, 2.75) is 20.3 Å². The molecule has 0 saturated carbocycles. The third-order valence-electron chi connectivity index (χ3n) is 4.35. The first kappa shape index (κ1) is 17.8. The second-order valence-corrected chi connectivity index (χ2v) is 6.23. The maximum atomic E-state index is 13.2. The van der Waals surface area contributed by atoms with Crippen molar-refractivity contribution >= 4 is 5.91 Å². The molecule has 3 rings (SSSR count). The molecule has 0 spiro atoms. The number of amides is 1. The van der Waals surface area contributed by atoms with Gasteiger partial charge < -0.3 is 4.90 Å². The van der Waals surface area contributed by atoms with Crippen LogP contribution in [0.25, 0.3) is 5.69 Å². The summed E-state index contributed by atoms with van der Waals surface area (Å²) < 4.78 is 14.8. The lowest BCUT2D eigenvalue weighted by molar-refractivity contribution is 0.0795. The average molecular weight is 352 g/mol. The van der Waals surface area contributed by atoms with Crippen LogP contribution in [0.3, 0.4) is 0 Å². The van der Waals surface area contributed by atoms with Crippen LogP contribution in [0.4, 0.5) is 4.39 Å². The second kappa shape index (κ2) is 7.47. The number of halogens is 1. The molecule has 0 bridgehead atoms. The van der Waals surface area contributed by atoms with Crippen molar-refractivity contribution in [1.82, 2.24) is 19.7 Å². The molecule has 1 aromatic carbocycles. The maximum absolute atomic E-state index is 13.2. The Morgan fingerprint density at radius 3 is 2.54 bits per heavy atom. The van der Waals surface area contributed by atoms with Gasteiger partial charge in [0, 0.05) is 31.9 Å². The first-order valence-corrected chi connectivity index (χ1v) is 8.45. The standard InChI is InChI=1S/C20H21FN4O/c1-14-19(15(2)25(23-14)18-9-7-16(21)8-10-18)20(26)24(3)13-11-17-6-4-5-12-22-17/h4-10,12H,11,13H2,1-3H3. The van der Waals surface area contributed by atoms with Crippen molar-refractivity contribution in [3.63, 3.8) is 0 Å². The molecule has 0 aliphatic carbocycles. The lowest BCUT2D eigenvalue weighted by Crippen LogP contribution is -2.29. The third kappa shape index (κ3) is 3.64. The minimum atomic E-state index is -0.305. The predicted octanol–water partition coefficient (Wildman–Crippen LogP) is 3.34. The summed E-state index contributed by atoms with van der Waals surface area (Å²) >= 11 is 0. The zero-order valence-electron chi connectivity index (χ0n) is 15.1. The molecular weight excluding hydrogens is 331 g/mol. The van der Waals surface area contributed by atoms with E-state index in [1.54, 1.807) is 35.0 Å². The molecule has 0 radical (unpaired) electrons. The first-order valence-electron chi connectivity index (χ1n) is 8.45. The van der Waals surface area contributed by atoms with Crippen LogP contribution in [0.5, 0.6) is 0 Å². The van der Waals surface area contributed by atoms with Crippen LogP contribution in [0, 0.1) is 19.7 Å². The molecule has 0 aliphatic heterocycles. The van der Waals surface area contributed by atoms with Crippen molar-refractivity contribution in [3.8, 4) is 5.69 Å². The largest absolute Gasteiger partial charge is 0.341 e. The molecule has 3 aromatic rings. The van der Waals surface area contributed by atoms with Gasteiger partial charge in [0.05, 0.1) is 22.6 Å². The number of aryl methyl sites for hydroxylation is 1. The van der Waals surface area contributed by atoms with Gasteiger partial charge in [0.1, 0.15) is 5.82 Å². The van der Waals surface area contributed by atoms with E-state index < -0.39 is 0 Å². The summed E-state index contributed by atoms with van der Waals surface area (Å²) in [5.41, 5.74) is 3.65. The van der Waals surface area contributed by atoms with E-state index >= 15 is 0 Å². The van der Waals surface area contributed by atoms with Gasteiger partial charge in [-0.1, -0.05) is 6.07 Å². The number of benzene rings is 1. The van der Waals surface area contributed by atoms with Crippen LogP contribution in [-0.2, 0) is 6.42 Å². The first-order chi connectivity index (χ1) is 12.5. The molecule has 26 heavy (non-hydrogen) atoms. The quantitative estimate of drug-likeness (QED) is 0.708. The summed E-state index contributed by atoms with van der Waals surface area (Å²) in [6.07, 6.45) is 2.44. The normalized spacial score (nSPS) is 10.8. The summed E-state index contributed by atoms with van der Waals surface area (Å²) in [5, 5.41) is 4.47. The summed E-state index contributed by atoms with van der Waals surface area (Å²) in [5.74, 6) is -0.384. The second-order valence-electron chi connectivity index (χ2n) is 6.23. The van der Waals surface area contributed by atoms with E-state index in [-0.39, 0.29) is 11.7 Å². The molecule has 0 saturated heterocycles. The molecule has 0 unspecified atom stereocenters. The van der Waals surface area contributed by atoms with Crippen LogP contribution >= 0.6 is 0 Å². The zero-order chi connectivity index (χ0) is 18.7.